The Morgan fingerprint density at radius 3 is 2.39 bits per heavy atom. The van der Waals surface area contributed by atoms with E-state index in [1.807, 2.05) is 12.1 Å². The first-order chi connectivity index (χ1) is 13.5. The first-order valence-electron chi connectivity index (χ1n) is 7.97. The Labute approximate surface area is 160 Å². The quantitative estimate of drug-likeness (QED) is 0.452. The van der Waals surface area contributed by atoms with E-state index in [9.17, 15) is 20.6 Å². The van der Waals surface area contributed by atoms with Gasteiger partial charge in [0.15, 0.2) is 11.5 Å². The van der Waals surface area contributed by atoms with Gasteiger partial charge in [0.05, 0.1) is 19.1 Å². The van der Waals surface area contributed by atoms with Gasteiger partial charge in [0.2, 0.25) is 0 Å². The number of non-ortho nitro benzene ring substituents is 1. The molecule has 0 bridgehead atoms. The molecule has 1 aliphatic heterocycles. The summed E-state index contributed by atoms with van der Waals surface area (Å²) in [6.07, 6.45) is 1.51. The molecule has 2 aromatic carbocycles. The molecular formula is C20H13N3O5. The number of allylic oxidation sites excluding steroid dienone is 3. The smallest absolute Gasteiger partial charge is 0.270 e. The van der Waals surface area contributed by atoms with E-state index in [1.165, 1.54) is 38.5 Å². The Morgan fingerprint density at radius 1 is 1.07 bits per heavy atom. The number of hydrogen-bond donors (Lipinski definition) is 0. The van der Waals surface area contributed by atoms with Gasteiger partial charge in [0.25, 0.3) is 5.69 Å². The molecule has 0 aromatic heterocycles. The molecule has 3 rings (SSSR count). The Hall–Kier alpha value is -4.30. The fourth-order valence-corrected chi connectivity index (χ4v) is 2.77. The summed E-state index contributed by atoms with van der Waals surface area (Å²) in [7, 11) is 3.02. The van der Waals surface area contributed by atoms with E-state index in [0.29, 0.717) is 34.1 Å². The second kappa shape index (κ2) is 7.52. The van der Waals surface area contributed by atoms with Crippen molar-refractivity contribution in [2.24, 2.45) is 0 Å². The molecule has 138 valence electrons. The summed E-state index contributed by atoms with van der Waals surface area (Å²) in [5.41, 5.74) is 0.826. The topological polar surface area (TPSA) is 118 Å². The summed E-state index contributed by atoms with van der Waals surface area (Å²) >= 11 is 0. The number of nitrogens with zero attached hydrogens (tertiary/aromatic N) is 3. The van der Waals surface area contributed by atoms with Gasteiger partial charge in [-0.05, 0) is 30.3 Å². The Balaban J connectivity index is 2.20. The number of nitriles is 2. The summed E-state index contributed by atoms with van der Waals surface area (Å²) in [5.74, 6) is 1.67. The minimum absolute atomic E-state index is 0.168. The van der Waals surface area contributed by atoms with Gasteiger partial charge in [-0.25, -0.2) is 0 Å². The lowest BCUT2D eigenvalue weighted by molar-refractivity contribution is -0.384. The van der Waals surface area contributed by atoms with Gasteiger partial charge in [-0.3, -0.25) is 10.1 Å². The molecule has 1 aliphatic rings. The van der Waals surface area contributed by atoms with Gasteiger partial charge in [0.1, 0.15) is 29.2 Å². The van der Waals surface area contributed by atoms with Crippen molar-refractivity contribution in [3.63, 3.8) is 0 Å². The number of hydrogen-bond acceptors (Lipinski definition) is 7. The van der Waals surface area contributed by atoms with Crippen molar-refractivity contribution < 1.29 is 19.1 Å². The largest absolute Gasteiger partial charge is 0.493 e. The molecule has 2 aromatic rings. The van der Waals surface area contributed by atoms with Crippen LogP contribution >= 0.6 is 0 Å². The number of ether oxygens (including phenoxy) is 3. The Bertz CT molecular complexity index is 1100. The molecule has 0 spiro atoms. The summed E-state index contributed by atoms with van der Waals surface area (Å²) in [6, 6.07) is 12.8. The number of rotatable bonds is 4. The third kappa shape index (κ3) is 3.22. The standard InChI is InChI=1S/C20H13N3O5/c1-26-18-5-3-12(7-20(18)27-2)19-9-15(13(10-21)11-22)16-8-14(23(24)25)4-6-17(16)28-19/h3-9H,1-2H3. The minimum atomic E-state index is -0.552. The zero-order chi connectivity index (χ0) is 20.3. The molecule has 0 amide bonds. The molecule has 0 atom stereocenters. The van der Waals surface area contributed by atoms with Crippen LogP contribution in [-0.4, -0.2) is 19.1 Å². The monoisotopic (exact) mass is 375 g/mol. The van der Waals surface area contributed by atoms with Crippen LogP contribution in [0.15, 0.2) is 48.0 Å². The van der Waals surface area contributed by atoms with Crippen molar-refractivity contribution >= 4 is 17.0 Å². The van der Waals surface area contributed by atoms with E-state index in [4.69, 9.17) is 14.2 Å². The third-order valence-corrected chi connectivity index (χ3v) is 4.12. The number of nitro groups is 1. The van der Waals surface area contributed by atoms with Crippen LogP contribution in [0.3, 0.4) is 0 Å². The predicted octanol–water partition coefficient (Wildman–Crippen LogP) is 3.85. The van der Waals surface area contributed by atoms with Crippen molar-refractivity contribution in [1.82, 2.24) is 0 Å². The summed E-state index contributed by atoms with van der Waals surface area (Å²) < 4.78 is 16.4. The van der Waals surface area contributed by atoms with E-state index in [2.05, 4.69) is 0 Å². The van der Waals surface area contributed by atoms with E-state index < -0.39 is 4.92 Å². The fourth-order valence-electron chi connectivity index (χ4n) is 2.77. The summed E-state index contributed by atoms with van der Waals surface area (Å²) in [4.78, 5) is 10.5. The molecule has 0 fully saturated rings. The first kappa shape index (κ1) is 18.5. The van der Waals surface area contributed by atoms with Crippen molar-refractivity contribution in [3.05, 3.63) is 69.3 Å². The molecule has 0 aliphatic carbocycles. The van der Waals surface area contributed by atoms with Crippen LogP contribution < -0.4 is 14.2 Å². The summed E-state index contributed by atoms with van der Waals surface area (Å²) in [6.45, 7) is 0. The van der Waals surface area contributed by atoms with Gasteiger partial charge in [-0.2, -0.15) is 10.5 Å². The Kier molecular flexibility index (Phi) is 4.97. The van der Waals surface area contributed by atoms with E-state index >= 15 is 0 Å². The van der Waals surface area contributed by atoms with Crippen LogP contribution in [0, 0.1) is 32.8 Å². The lowest BCUT2D eigenvalue weighted by atomic mass is 9.95. The third-order valence-electron chi connectivity index (χ3n) is 4.12. The van der Waals surface area contributed by atoms with Gasteiger partial charge < -0.3 is 14.2 Å². The SMILES string of the molecule is COc1ccc(C2=CC(=C(C#N)C#N)c3cc([N+](=O)[O-])ccc3O2)cc1OC. The van der Waals surface area contributed by atoms with Crippen LogP contribution in [-0.2, 0) is 0 Å². The van der Waals surface area contributed by atoms with Gasteiger partial charge in [0, 0.05) is 28.8 Å². The highest BCUT2D eigenvalue weighted by atomic mass is 16.6. The fraction of sp³-hybridized carbons (Fsp3) is 0.100. The zero-order valence-corrected chi connectivity index (χ0v) is 14.9. The molecule has 0 saturated heterocycles. The first-order valence-corrected chi connectivity index (χ1v) is 7.97. The highest BCUT2D eigenvalue weighted by Gasteiger charge is 2.24. The maximum atomic E-state index is 11.1. The number of benzene rings is 2. The highest BCUT2D eigenvalue weighted by Crippen LogP contribution is 2.41. The molecule has 1 heterocycles. The molecule has 0 saturated carbocycles. The molecule has 8 heteroatoms. The van der Waals surface area contributed by atoms with Crippen LogP contribution in [0.25, 0.3) is 11.3 Å². The lowest BCUT2D eigenvalue weighted by Crippen LogP contribution is -2.06. The average molecular weight is 375 g/mol. The predicted molar refractivity (Wildman–Crippen MR) is 99.4 cm³/mol. The average Bonchev–Trinajstić information content (AvgIpc) is 2.73. The van der Waals surface area contributed by atoms with Crippen LogP contribution in [0.5, 0.6) is 17.2 Å². The zero-order valence-electron chi connectivity index (χ0n) is 14.9. The lowest BCUT2D eigenvalue weighted by Gasteiger charge is -2.21. The van der Waals surface area contributed by atoms with Crippen molar-refractivity contribution in [2.75, 3.05) is 14.2 Å². The van der Waals surface area contributed by atoms with Crippen LogP contribution in [0.1, 0.15) is 11.1 Å². The second-order valence-corrected chi connectivity index (χ2v) is 5.63. The maximum Gasteiger partial charge on any atom is 0.270 e. The number of nitro benzene ring substituents is 1. The van der Waals surface area contributed by atoms with Crippen molar-refractivity contribution in [2.45, 2.75) is 0 Å². The van der Waals surface area contributed by atoms with E-state index in [0.717, 1.165) is 0 Å². The van der Waals surface area contributed by atoms with Gasteiger partial charge >= 0.3 is 0 Å². The second-order valence-electron chi connectivity index (χ2n) is 5.63. The van der Waals surface area contributed by atoms with Crippen molar-refractivity contribution in [1.29, 1.82) is 10.5 Å². The normalized spacial score (nSPS) is 11.9. The summed E-state index contributed by atoms with van der Waals surface area (Å²) in [5, 5.41) is 29.7. The van der Waals surface area contributed by atoms with Crippen LogP contribution in [0.2, 0.25) is 0 Å². The molecular weight excluding hydrogens is 362 g/mol. The molecule has 8 nitrogen and oxygen atoms in total. The maximum absolute atomic E-state index is 11.1. The molecule has 0 unspecified atom stereocenters. The van der Waals surface area contributed by atoms with E-state index in [-0.39, 0.29) is 16.8 Å². The number of methoxy groups -OCH3 is 2. The molecule has 0 radical (unpaired) electrons. The Morgan fingerprint density at radius 2 is 1.79 bits per heavy atom. The highest BCUT2D eigenvalue weighted by molar-refractivity contribution is 5.93. The van der Waals surface area contributed by atoms with Crippen LogP contribution in [0.4, 0.5) is 5.69 Å². The van der Waals surface area contributed by atoms with E-state index in [1.54, 1.807) is 18.2 Å². The van der Waals surface area contributed by atoms with Crippen molar-refractivity contribution in [3.8, 4) is 29.4 Å². The minimum Gasteiger partial charge on any atom is -0.493 e. The van der Waals surface area contributed by atoms with Gasteiger partial charge in [-0.1, -0.05) is 0 Å². The number of fused-ring (bicyclic) bond motifs is 1. The van der Waals surface area contributed by atoms with Gasteiger partial charge in [-0.15, -0.1) is 0 Å². The molecule has 28 heavy (non-hydrogen) atoms. The molecule has 0 N–H and O–H groups in total.